The van der Waals surface area contributed by atoms with Crippen molar-refractivity contribution in [3.05, 3.63) is 66.2 Å². The fourth-order valence-electron chi connectivity index (χ4n) is 3.38. The maximum atomic E-state index is 13.0. The zero-order valence-corrected chi connectivity index (χ0v) is 19.8. The first-order valence-electron chi connectivity index (χ1n) is 10.9. The van der Waals surface area contributed by atoms with E-state index < -0.39 is 16.1 Å². The smallest absolute Gasteiger partial charge is 0.242 e. The van der Waals surface area contributed by atoms with Gasteiger partial charge in [0.05, 0.1) is 4.90 Å². The zero-order valence-electron chi connectivity index (χ0n) is 19.0. The normalized spacial score (nSPS) is 12.4. The van der Waals surface area contributed by atoms with Crippen molar-refractivity contribution in [1.29, 1.82) is 0 Å². The van der Waals surface area contributed by atoms with Gasteiger partial charge in [-0.05, 0) is 44.4 Å². The summed E-state index contributed by atoms with van der Waals surface area (Å²) in [5, 5.41) is 2.77. The second-order valence-corrected chi connectivity index (χ2v) is 9.68. The summed E-state index contributed by atoms with van der Waals surface area (Å²) in [5.74, 6) is -0.358. The van der Waals surface area contributed by atoms with Gasteiger partial charge in [-0.1, -0.05) is 48.5 Å². The highest BCUT2D eigenvalue weighted by molar-refractivity contribution is 7.89. The van der Waals surface area contributed by atoms with Crippen molar-refractivity contribution < 1.29 is 18.0 Å². The van der Waals surface area contributed by atoms with Gasteiger partial charge in [-0.25, -0.2) is 12.7 Å². The minimum absolute atomic E-state index is 0.160. The lowest BCUT2D eigenvalue weighted by Gasteiger charge is -2.29. The molecule has 174 valence electrons. The summed E-state index contributed by atoms with van der Waals surface area (Å²) in [6.45, 7) is 4.68. The molecule has 8 heteroatoms. The highest BCUT2D eigenvalue weighted by Gasteiger charge is 2.26. The van der Waals surface area contributed by atoms with E-state index >= 15 is 0 Å². The maximum Gasteiger partial charge on any atom is 0.242 e. The molecule has 32 heavy (non-hydrogen) atoms. The van der Waals surface area contributed by atoms with Crippen LogP contribution in [0, 0.1) is 0 Å². The Morgan fingerprint density at radius 3 is 2.16 bits per heavy atom. The molecular formula is C24H33N3O4S. The Hall–Kier alpha value is -2.71. The molecule has 0 aliphatic rings. The number of likely N-dealkylation sites (N-methyl/N-ethyl adjacent to an activating group) is 1. The molecule has 1 atom stereocenters. The second kappa shape index (κ2) is 12.4. The quantitative estimate of drug-likeness (QED) is 0.529. The molecule has 2 aromatic carbocycles. The van der Waals surface area contributed by atoms with Gasteiger partial charge >= 0.3 is 0 Å². The summed E-state index contributed by atoms with van der Waals surface area (Å²) in [4.78, 5) is 27.2. The van der Waals surface area contributed by atoms with E-state index in [0.29, 0.717) is 25.9 Å². The van der Waals surface area contributed by atoms with E-state index in [2.05, 4.69) is 5.32 Å². The van der Waals surface area contributed by atoms with Gasteiger partial charge in [0.15, 0.2) is 0 Å². The molecule has 0 saturated heterocycles. The van der Waals surface area contributed by atoms with Crippen LogP contribution >= 0.6 is 0 Å². The van der Waals surface area contributed by atoms with Crippen LogP contribution in [0.25, 0.3) is 0 Å². The third-order valence-corrected chi connectivity index (χ3v) is 7.19. The number of nitrogens with zero attached hydrogens (tertiary/aromatic N) is 2. The van der Waals surface area contributed by atoms with Gasteiger partial charge in [0, 0.05) is 33.1 Å². The number of sulfonamides is 1. The number of carbonyl (C=O) groups excluding carboxylic acids is 2. The zero-order chi connectivity index (χ0) is 23.6. The minimum atomic E-state index is -3.60. The molecule has 0 aliphatic carbocycles. The largest absolute Gasteiger partial charge is 0.355 e. The molecule has 0 bridgehead atoms. The van der Waals surface area contributed by atoms with E-state index in [1.54, 1.807) is 42.2 Å². The summed E-state index contributed by atoms with van der Waals surface area (Å²) in [6, 6.07) is 17.4. The third kappa shape index (κ3) is 7.17. The van der Waals surface area contributed by atoms with Crippen LogP contribution in [0.5, 0.6) is 0 Å². The van der Waals surface area contributed by atoms with Crippen molar-refractivity contribution in [1.82, 2.24) is 14.5 Å². The monoisotopic (exact) mass is 459 g/mol. The van der Waals surface area contributed by atoms with Crippen LogP contribution < -0.4 is 5.32 Å². The lowest BCUT2D eigenvalue weighted by molar-refractivity contribution is -0.140. The Kier molecular flexibility index (Phi) is 9.87. The van der Waals surface area contributed by atoms with Crippen LogP contribution in [-0.2, 0) is 26.0 Å². The molecule has 0 spiro atoms. The molecule has 0 fully saturated rings. The van der Waals surface area contributed by atoms with Crippen LogP contribution in [0.3, 0.4) is 0 Å². The fourth-order valence-corrected chi connectivity index (χ4v) is 4.61. The molecular weight excluding hydrogens is 426 g/mol. The fraction of sp³-hybridized carbons (Fsp3) is 0.417. The summed E-state index contributed by atoms with van der Waals surface area (Å²) in [5.41, 5.74) is 1.09. The summed E-state index contributed by atoms with van der Waals surface area (Å²) in [7, 11) is -2.09. The summed E-state index contributed by atoms with van der Waals surface area (Å²) >= 11 is 0. The molecule has 0 aromatic heterocycles. The molecule has 0 heterocycles. The summed E-state index contributed by atoms with van der Waals surface area (Å²) in [6.07, 6.45) is 1.16. The predicted molar refractivity (Wildman–Crippen MR) is 125 cm³/mol. The standard InChI is InChI=1S/C24H33N3O4S/c1-4-25-24(29)20(2)27(19-17-21-12-7-5-8-13-21)23(28)16-11-18-26(3)32(30,31)22-14-9-6-10-15-22/h5-10,12-15,20H,4,11,16-19H2,1-3H3,(H,25,29). The molecule has 2 rings (SSSR count). The topological polar surface area (TPSA) is 86.8 Å². The van der Waals surface area contributed by atoms with Crippen molar-refractivity contribution in [3.63, 3.8) is 0 Å². The van der Waals surface area contributed by atoms with E-state index in [0.717, 1.165) is 5.56 Å². The summed E-state index contributed by atoms with van der Waals surface area (Å²) < 4.78 is 26.6. The van der Waals surface area contributed by atoms with Gasteiger partial charge in [-0.2, -0.15) is 0 Å². The Labute approximate surface area is 191 Å². The number of amides is 2. The maximum absolute atomic E-state index is 13.0. The lowest BCUT2D eigenvalue weighted by atomic mass is 10.1. The Morgan fingerprint density at radius 2 is 1.56 bits per heavy atom. The number of carbonyl (C=O) groups is 2. The predicted octanol–water partition coefficient (Wildman–Crippen LogP) is 2.68. The third-order valence-electron chi connectivity index (χ3n) is 5.32. The molecule has 7 nitrogen and oxygen atoms in total. The van der Waals surface area contributed by atoms with Crippen molar-refractivity contribution in [3.8, 4) is 0 Å². The minimum Gasteiger partial charge on any atom is -0.355 e. The molecule has 1 N–H and O–H groups in total. The number of hydrogen-bond acceptors (Lipinski definition) is 4. The highest BCUT2D eigenvalue weighted by atomic mass is 32.2. The van der Waals surface area contributed by atoms with Gasteiger partial charge in [-0.15, -0.1) is 0 Å². The molecule has 1 unspecified atom stereocenters. The molecule has 0 radical (unpaired) electrons. The van der Waals surface area contributed by atoms with Crippen molar-refractivity contribution >= 4 is 21.8 Å². The highest BCUT2D eigenvalue weighted by Crippen LogP contribution is 2.15. The lowest BCUT2D eigenvalue weighted by Crippen LogP contribution is -2.48. The van der Waals surface area contributed by atoms with Gasteiger partial charge in [0.1, 0.15) is 6.04 Å². The van der Waals surface area contributed by atoms with Crippen LogP contribution in [0.2, 0.25) is 0 Å². The average Bonchev–Trinajstić information content (AvgIpc) is 2.80. The van der Waals surface area contributed by atoms with Gasteiger partial charge in [0.2, 0.25) is 21.8 Å². The van der Waals surface area contributed by atoms with Gasteiger partial charge in [-0.3, -0.25) is 9.59 Å². The first-order valence-corrected chi connectivity index (χ1v) is 12.3. The van der Waals surface area contributed by atoms with E-state index in [1.165, 1.54) is 11.4 Å². The first-order chi connectivity index (χ1) is 15.3. The second-order valence-electron chi connectivity index (χ2n) is 7.64. The van der Waals surface area contributed by atoms with Crippen LogP contribution in [0.1, 0.15) is 32.3 Å². The van der Waals surface area contributed by atoms with Crippen LogP contribution in [0.4, 0.5) is 0 Å². The Balaban J connectivity index is 1.99. The van der Waals surface area contributed by atoms with Crippen molar-refractivity contribution in [2.75, 3.05) is 26.7 Å². The molecule has 2 amide bonds. The molecule has 0 aliphatic heterocycles. The van der Waals surface area contributed by atoms with E-state index in [-0.39, 0.29) is 29.7 Å². The van der Waals surface area contributed by atoms with Crippen molar-refractivity contribution in [2.45, 2.75) is 44.0 Å². The van der Waals surface area contributed by atoms with E-state index in [9.17, 15) is 18.0 Å². The number of nitrogens with one attached hydrogen (secondary N) is 1. The average molecular weight is 460 g/mol. The first kappa shape index (κ1) is 25.5. The van der Waals surface area contributed by atoms with Crippen LogP contribution in [-0.4, -0.2) is 62.2 Å². The number of hydrogen-bond donors (Lipinski definition) is 1. The Bertz CT molecular complexity index is 965. The molecule has 2 aromatic rings. The van der Waals surface area contributed by atoms with Gasteiger partial charge < -0.3 is 10.2 Å². The van der Waals surface area contributed by atoms with E-state index in [4.69, 9.17) is 0 Å². The Morgan fingerprint density at radius 1 is 0.969 bits per heavy atom. The van der Waals surface area contributed by atoms with Crippen LogP contribution in [0.15, 0.2) is 65.6 Å². The van der Waals surface area contributed by atoms with E-state index in [1.807, 2.05) is 37.3 Å². The molecule has 0 saturated carbocycles. The number of benzene rings is 2. The van der Waals surface area contributed by atoms with Crippen molar-refractivity contribution in [2.24, 2.45) is 0 Å². The SMILES string of the molecule is CCNC(=O)C(C)N(CCc1ccccc1)C(=O)CCCN(C)S(=O)(=O)c1ccccc1. The van der Waals surface area contributed by atoms with Gasteiger partial charge in [0.25, 0.3) is 0 Å². The number of rotatable bonds is 12.